The van der Waals surface area contributed by atoms with Crippen LogP contribution in [0.15, 0.2) is 53.7 Å². The summed E-state index contributed by atoms with van der Waals surface area (Å²) in [7, 11) is 1.73. The molecule has 4 aromatic rings. The molecule has 0 amide bonds. The van der Waals surface area contributed by atoms with E-state index >= 15 is 0 Å². The van der Waals surface area contributed by atoms with Gasteiger partial charge in [-0.15, -0.1) is 11.3 Å². The zero-order chi connectivity index (χ0) is 20.3. The van der Waals surface area contributed by atoms with E-state index in [-0.39, 0.29) is 5.41 Å². The first kappa shape index (κ1) is 18.2. The Morgan fingerprint density at radius 1 is 1.00 bits per heavy atom. The van der Waals surface area contributed by atoms with Crippen molar-refractivity contribution in [1.29, 1.82) is 0 Å². The largest absolute Gasteiger partial charge is 0.497 e. The Morgan fingerprint density at radius 3 is 2.48 bits per heavy atom. The molecule has 4 heteroatoms. The Morgan fingerprint density at radius 2 is 1.76 bits per heavy atom. The molecule has 1 atom stereocenters. The summed E-state index contributed by atoms with van der Waals surface area (Å²) in [5.41, 5.74) is 6.92. The van der Waals surface area contributed by atoms with Gasteiger partial charge in [0.15, 0.2) is 0 Å². The van der Waals surface area contributed by atoms with Crippen molar-refractivity contribution in [2.75, 3.05) is 7.11 Å². The first-order valence-electron chi connectivity index (χ1n) is 9.89. The quantitative estimate of drug-likeness (QED) is 0.229. The molecule has 29 heavy (non-hydrogen) atoms. The predicted octanol–water partition coefficient (Wildman–Crippen LogP) is 6.96. The fourth-order valence-corrected chi connectivity index (χ4v) is 5.76. The van der Waals surface area contributed by atoms with Crippen LogP contribution in [0.5, 0.6) is 5.75 Å². The van der Waals surface area contributed by atoms with Crippen LogP contribution in [0.25, 0.3) is 31.3 Å². The van der Waals surface area contributed by atoms with Crippen molar-refractivity contribution in [3.05, 3.63) is 65.2 Å². The van der Waals surface area contributed by atoms with Crippen LogP contribution in [0.3, 0.4) is 0 Å². The summed E-state index contributed by atoms with van der Waals surface area (Å²) in [4.78, 5) is 0. The summed E-state index contributed by atoms with van der Waals surface area (Å²) < 4.78 is 8.06. The number of hydrogen-bond donors (Lipinski definition) is 1. The van der Waals surface area contributed by atoms with E-state index < -0.39 is 0 Å². The molecule has 1 unspecified atom stereocenters. The molecular weight excluding hydrogens is 378 g/mol. The number of nitrogens with zero attached hydrogens (tertiary/aromatic N) is 1. The molecule has 1 N–H and O–H groups in total. The van der Waals surface area contributed by atoms with Gasteiger partial charge in [-0.3, -0.25) is 0 Å². The minimum Gasteiger partial charge on any atom is -0.497 e. The third-order valence-corrected chi connectivity index (χ3v) is 7.72. The summed E-state index contributed by atoms with van der Waals surface area (Å²) in [6.07, 6.45) is 1.02. The van der Waals surface area contributed by atoms with Crippen LogP contribution in [-0.4, -0.2) is 18.0 Å². The lowest BCUT2D eigenvalue weighted by Gasteiger charge is -2.26. The van der Waals surface area contributed by atoms with Crippen molar-refractivity contribution in [3.8, 4) is 16.9 Å². The highest BCUT2D eigenvalue weighted by Crippen LogP contribution is 2.53. The molecule has 5 rings (SSSR count). The van der Waals surface area contributed by atoms with Gasteiger partial charge in [0.25, 0.3) is 0 Å². The number of methoxy groups -OCH3 is 1. The standard InChI is InChI=1S/C25H23NO2S/c1-5-25(3)21-11-16(28-4)7-8-17(21)18-13-24-20(12-22(18)25)19-10-15(14(2)26-27)6-9-23(19)29-24/h6-13,27H,5H2,1-4H3/b26-14+. The van der Waals surface area contributed by atoms with Crippen molar-refractivity contribution < 1.29 is 9.94 Å². The van der Waals surface area contributed by atoms with Gasteiger partial charge in [0.1, 0.15) is 5.75 Å². The first-order chi connectivity index (χ1) is 14.0. The van der Waals surface area contributed by atoms with Gasteiger partial charge in [-0.05, 0) is 77.6 Å². The molecule has 1 aliphatic carbocycles. The van der Waals surface area contributed by atoms with E-state index in [0.29, 0.717) is 5.71 Å². The third kappa shape index (κ3) is 2.45. The van der Waals surface area contributed by atoms with E-state index in [1.54, 1.807) is 7.11 Å². The van der Waals surface area contributed by atoms with Gasteiger partial charge in [0.2, 0.25) is 0 Å². The van der Waals surface area contributed by atoms with Crippen LogP contribution < -0.4 is 4.74 Å². The molecule has 0 bridgehead atoms. The topological polar surface area (TPSA) is 41.8 Å². The van der Waals surface area contributed by atoms with Crippen molar-refractivity contribution in [1.82, 2.24) is 0 Å². The maximum atomic E-state index is 9.17. The fraction of sp³-hybridized carbons (Fsp3) is 0.240. The zero-order valence-electron chi connectivity index (χ0n) is 17.0. The molecule has 0 fully saturated rings. The zero-order valence-corrected chi connectivity index (χ0v) is 17.9. The molecule has 3 nitrogen and oxygen atoms in total. The molecule has 1 aliphatic rings. The normalized spacial score (nSPS) is 18.3. The molecule has 0 saturated carbocycles. The van der Waals surface area contributed by atoms with Crippen LogP contribution in [0.2, 0.25) is 0 Å². The Kier molecular flexibility index (Phi) is 3.97. The summed E-state index contributed by atoms with van der Waals surface area (Å²) in [6.45, 7) is 6.42. The van der Waals surface area contributed by atoms with E-state index in [1.807, 2.05) is 24.3 Å². The molecule has 0 saturated heterocycles. The summed E-state index contributed by atoms with van der Waals surface area (Å²) in [5.74, 6) is 0.909. The van der Waals surface area contributed by atoms with Crippen molar-refractivity contribution >= 4 is 37.2 Å². The highest BCUT2D eigenvalue weighted by molar-refractivity contribution is 7.25. The minimum absolute atomic E-state index is 0.0399. The van der Waals surface area contributed by atoms with Crippen LogP contribution in [0, 0.1) is 0 Å². The number of oxime groups is 1. The Balaban J connectivity index is 1.82. The van der Waals surface area contributed by atoms with Gasteiger partial charge in [-0.1, -0.05) is 31.1 Å². The molecule has 1 heterocycles. The van der Waals surface area contributed by atoms with Gasteiger partial charge in [0, 0.05) is 25.6 Å². The number of ether oxygens (including phenoxy) is 1. The SMILES string of the molecule is CCC1(C)c2cc(OC)ccc2-c2cc3sc4ccc(/C(C)=N/O)cc4c3cc21. The minimum atomic E-state index is -0.0399. The first-order valence-corrected chi connectivity index (χ1v) is 10.7. The second-order valence-electron chi connectivity index (χ2n) is 7.99. The Bertz CT molecular complexity index is 1320. The van der Waals surface area contributed by atoms with E-state index in [4.69, 9.17) is 4.74 Å². The lowest BCUT2D eigenvalue weighted by Crippen LogP contribution is -2.19. The summed E-state index contributed by atoms with van der Waals surface area (Å²) in [5, 5.41) is 15.0. The van der Waals surface area contributed by atoms with Gasteiger partial charge in [0.05, 0.1) is 12.8 Å². The van der Waals surface area contributed by atoms with E-state index in [1.165, 1.54) is 42.4 Å². The van der Waals surface area contributed by atoms with E-state index in [0.717, 1.165) is 17.7 Å². The van der Waals surface area contributed by atoms with Gasteiger partial charge < -0.3 is 9.94 Å². The van der Waals surface area contributed by atoms with Gasteiger partial charge in [-0.25, -0.2) is 0 Å². The molecular formula is C25H23NO2S. The Labute approximate surface area is 174 Å². The second kappa shape index (κ2) is 6.33. The fourth-order valence-electron chi connectivity index (χ4n) is 4.65. The molecule has 0 radical (unpaired) electrons. The molecule has 3 aromatic carbocycles. The predicted molar refractivity (Wildman–Crippen MR) is 122 cm³/mol. The van der Waals surface area contributed by atoms with Crippen LogP contribution >= 0.6 is 11.3 Å². The Hall–Kier alpha value is -2.85. The number of fused-ring (bicyclic) bond motifs is 6. The number of thiophene rings is 1. The maximum absolute atomic E-state index is 9.17. The van der Waals surface area contributed by atoms with Gasteiger partial charge in [-0.2, -0.15) is 0 Å². The lowest BCUT2D eigenvalue weighted by atomic mass is 9.77. The molecule has 0 aliphatic heterocycles. The second-order valence-corrected chi connectivity index (χ2v) is 9.07. The average molecular weight is 402 g/mol. The average Bonchev–Trinajstić information content (AvgIpc) is 3.24. The van der Waals surface area contributed by atoms with Gasteiger partial charge >= 0.3 is 0 Å². The molecule has 0 spiro atoms. The van der Waals surface area contributed by atoms with E-state index in [9.17, 15) is 5.21 Å². The van der Waals surface area contributed by atoms with Crippen molar-refractivity contribution in [2.24, 2.45) is 5.16 Å². The number of benzene rings is 3. The monoisotopic (exact) mass is 401 g/mol. The third-order valence-electron chi connectivity index (χ3n) is 6.59. The highest BCUT2D eigenvalue weighted by Gasteiger charge is 2.38. The lowest BCUT2D eigenvalue weighted by molar-refractivity contribution is 0.319. The van der Waals surface area contributed by atoms with Crippen molar-refractivity contribution in [2.45, 2.75) is 32.6 Å². The number of rotatable bonds is 3. The molecule has 146 valence electrons. The van der Waals surface area contributed by atoms with E-state index in [2.05, 4.69) is 61.5 Å². The highest BCUT2D eigenvalue weighted by atomic mass is 32.1. The number of hydrogen-bond acceptors (Lipinski definition) is 4. The van der Waals surface area contributed by atoms with Crippen molar-refractivity contribution in [3.63, 3.8) is 0 Å². The summed E-state index contributed by atoms with van der Waals surface area (Å²) >= 11 is 1.82. The van der Waals surface area contributed by atoms with Crippen LogP contribution in [0.4, 0.5) is 0 Å². The smallest absolute Gasteiger partial charge is 0.119 e. The molecule has 1 aromatic heterocycles. The summed E-state index contributed by atoms with van der Waals surface area (Å²) in [6, 6.07) is 17.5. The maximum Gasteiger partial charge on any atom is 0.119 e. The van der Waals surface area contributed by atoms with Crippen LogP contribution in [-0.2, 0) is 5.41 Å². The van der Waals surface area contributed by atoms with Crippen LogP contribution in [0.1, 0.15) is 43.9 Å².